The minimum absolute atomic E-state index is 0.0696. The van der Waals surface area contributed by atoms with Gasteiger partial charge in [-0.15, -0.1) is 0 Å². The van der Waals surface area contributed by atoms with Gasteiger partial charge in [0.2, 0.25) is 0 Å². The number of amides is 2. The molecule has 0 radical (unpaired) electrons. The van der Waals surface area contributed by atoms with Crippen molar-refractivity contribution in [2.75, 3.05) is 43.0 Å². The van der Waals surface area contributed by atoms with E-state index in [4.69, 9.17) is 4.74 Å². The van der Waals surface area contributed by atoms with Gasteiger partial charge in [0.05, 0.1) is 6.61 Å². The summed E-state index contributed by atoms with van der Waals surface area (Å²) in [6.45, 7) is 5.51. The second-order valence-electron chi connectivity index (χ2n) is 5.55. The maximum Gasteiger partial charge on any atom is 0.321 e. The molecule has 1 saturated heterocycles. The SMILES string of the molecule is CCOc1ccc(NC(=O)N2CCN(c3ccccn3)CC2)cc1. The van der Waals surface area contributed by atoms with Crippen molar-refractivity contribution in [1.82, 2.24) is 9.88 Å². The topological polar surface area (TPSA) is 57.7 Å². The first kappa shape index (κ1) is 16.1. The number of nitrogens with one attached hydrogen (secondary N) is 1. The third kappa shape index (κ3) is 3.95. The summed E-state index contributed by atoms with van der Waals surface area (Å²) in [7, 11) is 0. The highest BCUT2D eigenvalue weighted by atomic mass is 16.5. The lowest BCUT2D eigenvalue weighted by Crippen LogP contribution is -2.50. The van der Waals surface area contributed by atoms with Gasteiger partial charge >= 0.3 is 6.03 Å². The Morgan fingerprint density at radius 2 is 1.88 bits per heavy atom. The summed E-state index contributed by atoms with van der Waals surface area (Å²) in [4.78, 5) is 20.8. The van der Waals surface area contributed by atoms with E-state index in [-0.39, 0.29) is 6.03 Å². The van der Waals surface area contributed by atoms with Crippen LogP contribution in [0.1, 0.15) is 6.92 Å². The number of nitrogens with zero attached hydrogens (tertiary/aromatic N) is 3. The molecule has 2 amide bonds. The summed E-state index contributed by atoms with van der Waals surface area (Å²) in [5, 5.41) is 2.93. The van der Waals surface area contributed by atoms with Crippen molar-refractivity contribution in [3.8, 4) is 5.75 Å². The first-order chi connectivity index (χ1) is 11.8. The van der Waals surface area contributed by atoms with Crippen molar-refractivity contribution in [3.63, 3.8) is 0 Å². The van der Waals surface area contributed by atoms with Crippen molar-refractivity contribution < 1.29 is 9.53 Å². The number of aromatic nitrogens is 1. The number of benzene rings is 1. The number of anilines is 2. The van der Waals surface area contributed by atoms with Crippen LogP contribution in [0.3, 0.4) is 0 Å². The number of pyridine rings is 1. The highest BCUT2D eigenvalue weighted by Crippen LogP contribution is 2.17. The van der Waals surface area contributed by atoms with Crippen LogP contribution >= 0.6 is 0 Å². The van der Waals surface area contributed by atoms with Gasteiger partial charge in [0.15, 0.2) is 0 Å². The molecular formula is C18H22N4O2. The fourth-order valence-electron chi connectivity index (χ4n) is 2.68. The first-order valence-electron chi connectivity index (χ1n) is 8.21. The Bertz CT molecular complexity index is 652. The van der Waals surface area contributed by atoms with E-state index in [1.807, 2.05) is 54.3 Å². The third-order valence-electron chi connectivity index (χ3n) is 3.96. The molecule has 126 valence electrons. The van der Waals surface area contributed by atoms with E-state index in [0.717, 1.165) is 30.3 Å². The number of rotatable bonds is 4. The highest BCUT2D eigenvalue weighted by Gasteiger charge is 2.21. The molecule has 1 N–H and O–H groups in total. The van der Waals surface area contributed by atoms with Crippen LogP contribution in [0, 0.1) is 0 Å². The number of hydrogen-bond acceptors (Lipinski definition) is 4. The molecule has 1 aromatic heterocycles. The maximum absolute atomic E-state index is 12.4. The molecule has 1 aliphatic rings. The lowest BCUT2D eigenvalue weighted by Gasteiger charge is -2.35. The molecular weight excluding hydrogens is 304 g/mol. The monoisotopic (exact) mass is 326 g/mol. The van der Waals surface area contributed by atoms with Gasteiger partial charge in [-0.3, -0.25) is 0 Å². The van der Waals surface area contributed by atoms with Crippen molar-refractivity contribution >= 4 is 17.5 Å². The predicted octanol–water partition coefficient (Wildman–Crippen LogP) is 2.83. The first-order valence-corrected chi connectivity index (χ1v) is 8.21. The third-order valence-corrected chi connectivity index (χ3v) is 3.96. The largest absolute Gasteiger partial charge is 0.494 e. The molecule has 0 saturated carbocycles. The van der Waals surface area contributed by atoms with Crippen molar-refractivity contribution in [3.05, 3.63) is 48.7 Å². The molecule has 6 nitrogen and oxygen atoms in total. The van der Waals surface area contributed by atoms with E-state index in [1.54, 1.807) is 6.20 Å². The minimum Gasteiger partial charge on any atom is -0.494 e. The van der Waals surface area contributed by atoms with Gasteiger partial charge in [-0.1, -0.05) is 6.07 Å². The van der Waals surface area contributed by atoms with E-state index in [1.165, 1.54) is 0 Å². The molecule has 3 rings (SSSR count). The standard InChI is InChI=1S/C18H22N4O2/c1-2-24-16-8-6-15(7-9-16)20-18(23)22-13-11-21(12-14-22)17-5-3-4-10-19-17/h3-10H,2,11-14H2,1H3,(H,20,23). The Balaban J connectivity index is 1.51. The molecule has 1 aliphatic heterocycles. The van der Waals surface area contributed by atoms with Gasteiger partial charge in [-0.05, 0) is 43.3 Å². The molecule has 0 atom stereocenters. The fraction of sp³-hybridized carbons (Fsp3) is 0.333. The number of carbonyl (C=O) groups excluding carboxylic acids is 1. The molecule has 0 aliphatic carbocycles. The molecule has 1 aromatic carbocycles. The van der Waals surface area contributed by atoms with Crippen LogP contribution in [-0.2, 0) is 0 Å². The van der Waals surface area contributed by atoms with E-state index >= 15 is 0 Å². The van der Waals surface area contributed by atoms with Crippen molar-refractivity contribution in [1.29, 1.82) is 0 Å². The predicted molar refractivity (Wildman–Crippen MR) is 94.7 cm³/mol. The average Bonchev–Trinajstić information content (AvgIpc) is 2.64. The lowest BCUT2D eigenvalue weighted by molar-refractivity contribution is 0.208. The molecule has 2 heterocycles. The van der Waals surface area contributed by atoms with Crippen LogP contribution in [0.4, 0.5) is 16.3 Å². The highest BCUT2D eigenvalue weighted by molar-refractivity contribution is 5.89. The molecule has 24 heavy (non-hydrogen) atoms. The number of urea groups is 1. The van der Waals surface area contributed by atoms with E-state index in [0.29, 0.717) is 19.7 Å². The summed E-state index contributed by atoms with van der Waals surface area (Å²) >= 11 is 0. The molecule has 0 bridgehead atoms. The minimum atomic E-state index is -0.0696. The van der Waals surface area contributed by atoms with Crippen molar-refractivity contribution in [2.24, 2.45) is 0 Å². The lowest BCUT2D eigenvalue weighted by atomic mass is 10.3. The van der Waals surface area contributed by atoms with Crippen LogP contribution in [0.25, 0.3) is 0 Å². The Morgan fingerprint density at radius 1 is 1.12 bits per heavy atom. The summed E-state index contributed by atoms with van der Waals surface area (Å²) in [5.41, 5.74) is 0.774. The van der Waals surface area contributed by atoms with Gasteiger partial charge < -0.3 is 19.9 Å². The van der Waals surface area contributed by atoms with E-state index < -0.39 is 0 Å². The van der Waals surface area contributed by atoms with Crippen LogP contribution in [-0.4, -0.2) is 48.7 Å². The Hall–Kier alpha value is -2.76. The maximum atomic E-state index is 12.4. The van der Waals surface area contributed by atoms with Crippen LogP contribution in [0.2, 0.25) is 0 Å². The molecule has 2 aromatic rings. The molecule has 6 heteroatoms. The Kier molecular flexibility index (Phi) is 5.15. The van der Waals surface area contributed by atoms with Crippen LogP contribution < -0.4 is 15.0 Å². The zero-order chi connectivity index (χ0) is 16.8. The van der Waals surface area contributed by atoms with Gasteiger partial charge in [-0.25, -0.2) is 9.78 Å². The Labute approximate surface area is 142 Å². The second kappa shape index (κ2) is 7.68. The van der Waals surface area contributed by atoms with Crippen LogP contribution in [0.15, 0.2) is 48.7 Å². The summed E-state index contributed by atoms with van der Waals surface area (Å²) in [5.74, 6) is 1.77. The number of piperazine rings is 1. The summed E-state index contributed by atoms with van der Waals surface area (Å²) in [6, 6.07) is 13.2. The smallest absolute Gasteiger partial charge is 0.321 e. The summed E-state index contributed by atoms with van der Waals surface area (Å²) in [6.07, 6.45) is 1.79. The summed E-state index contributed by atoms with van der Waals surface area (Å²) < 4.78 is 5.40. The zero-order valence-corrected chi connectivity index (χ0v) is 13.8. The van der Waals surface area contributed by atoms with E-state index in [2.05, 4.69) is 15.2 Å². The zero-order valence-electron chi connectivity index (χ0n) is 13.8. The normalized spacial score (nSPS) is 14.4. The molecule has 0 unspecified atom stereocenters. The van der Waals surface area contributed by atoms with Gasteiger partial charge in [0.1, 0.15) is 11.6 Å². The fourth-order valence-corrected chi connectivity index (χ4v) is 2.68. The Morgan fingerprint density at radius 3 is 2.50 bits per heavy atom. The second-order valence-corrected chi connectivity index (χ2v) is 5.55. The van der Waals surface area contributed by atoms with Gasteiger partial charge in [0, 0.05) is 38.1 Å². The average molecular weight is 326 g/mol. The van der Waals surface area contributed by atoms with E-state index in [9.17, 15) is 4.79 Å². The van der Waals surface area contributed by atoms with Gasteiger partial charge in [-0.2, -0.15) is 0 Å². The number of carbonyl (C=O) groups is 1. The van der Waals surface area contributed by atoms with Gasteiger partial charge in [0.25, 0.3) is 0 Å². The molecule has 0 spiro atoms. The molecule has 1 fully saturated rings. The quantitative estimate of drug-likeness (QED) is 0.939. The number of hydrogen-bond donors (Lipinski definition) is 1. The van der Waals surface area contributed by atoms with Crippen LogP contribution in [0.5, 0.6) is 5.75 Å². The number of ether oxygens (including phenoxy) is 1. The van der Waals surface area contributed by atoms with Crippen molar-refractivity contribution in [2.45, 2.75) is 6.92 Å².